The van der Waals surface area contributed by atoms with Gasteiger partial charge in [0.05, 0.1) is 12.3 Å². The van der Waals surface area contributed by atoms with Crippen LogP contribution in [0.5, 0.6) is 0 Å². The Labute approximate surface area is 105 Å². The molecule has 1 saturated heterocycles. The summed E-state index contributed by atoms with van der Waals surface area (Å²) in [6.07, 6.45) is 1.60. The van der Waals surface area contributed by atoms with Crippen LogP contribution in [0.3, 0.4) is 0 Å². The van der Waals surface area contributed by atoms with E-state index in [1.165, 1.54) is 0 Å². The maximum atomic E-state index is 5.32. The van der Waals surface area contributed by atoms with Gasteiger partial charge in [0, 0.05) is 26.2 Å². The number of rotatable bonds is 3. The molecule has 0 spiro atoms. The summed E-state index contributed by atoms with van der Waals surface area (Å²) in [7, 11) is 0. The highest BCUT2D eigenvalue weighted by molar-refractivity contribution is 5.44. The van der Waals surface area contributed by atoms with E-state index in [1.807, 2.05) is 12.1 Å². The fourth-order valence-electron chi connectivity index (χ4n) is 2.14. The molecule has 0 bridgehead atoms. The Kier molecular flexibility index (Phi) is 3.12. The van der Waals surface area contributed by atoms with Gasteiger partial charge < -0.3 is 14.3 Å². The Morgan fingerprint density at radius 1 is 1.39 bits per heavy atom. The zero-order chi connectivity index (χ0) is 12.4. The second-order valence-corrected chi connectivity index (χ2v) is 4.40. The molecule has 1 atom stereocenters. The molecule has 0 aromatic carbocycles. The summed E-state index contributed by atoms with van der Waals surface area (Å²) in [6.45, 7) is 6.09. The van der Waals surface area contributed by atoms with E-state index < -0.39 is 0 Å². The molecule has 3 heterocycles. The third-order valence-corrected chi connectivity index (χ3v) is 3.24. The standard InChI is InChI=1S/C12H16N4O2/c1-9(16-6-4-13-5-7-16)12-14-11(15-18-12)10-3-2-8-17-10/h2-3,8-9,13H,4-7H2,1H3. The number of piperazine rings is 1. The molecule has 1 unspecified atom stereocenters. The quantitative estimate of drug-likeness (QED) is 0.883. The molecule has 2 aromatic rings. The lowest BCUT2D eigenvalue weighted by atomic mass is 10.2. The number of furan rings is 1. The van der Waals surface area contributed by atoms with Gasteiger partial charge in [-0.15, -0.1) is 0 Å². The number of hydrogen-bond acceptors (Lipinski definition) is 6. The van der Waals surface area contributed by atoms with Crippen molar-refractivity contribution in [2.24, 2.45) is 0 Å². The largest absolute Gasteiger partial charge is 0.461 e. The van der Waals surface area contributed by atoms with Crippen molar-refractivity contribution in [2.45, 2.75) is 13.0 Å². The zero-order valence-corrected chi connectivity index (χ0v) is 10.3. The van der Waals surface area contributed by atoms with E-state index in [-0.39, 0.29) is 6.04 Å². The molecule has 2 aromatic heterocycles. The minimum absolute atomic E-state index is 0.142. The first-order chi connectivity index (χ1) is 8.84. The van der Waals surface area contributed by atoms with Gasteiger partial charge in [-0.25, -0.2) is 0 Å². The Morgan fingerprint density at radius 3 is 2.94 bits per heavy atom. The molecule has 6 nitrogen and oxygen atoms in total. The molecule has 0 saturated carbocycles. The lowest BCUT2D eigenvalue weighted by Crippen LogP contribution is -2.44. The molecular formula is C12H16N4O2. The average Bonchev–Trinajstić information content (AvgIpc) is 3.09. The van der Waals surface area contributed by atoms with Crippen LogP contribution in [-0.4, -0.2) is 41.2 Å². The summed E-state index contributed by atoms with van der Waals surface area (Å²) in [4.78, 5) is 6.72. The lowest BCUT2D eigenvalue weighted by molar-refractivity contribution is 0.154. The van der Waals surface area contributed by atoms with Crippen LogP contribution in [0.2, 0.25) is 0 Å². The van der Waals surface area contributed by atoms with Crippen LogP contribution in [0, 0.1) is 0 Å². The predicted octanol–water partition coefficient (Wildman–Crippen LogP) is 1.30. The van der Waals surface area contributed by atoms with Gasteiger partial charge in [-0.1, -0.05) is 5.16 Å². The van der Waals surface area contributed by atoms with E-state index in [0.29, 0.717) is 17.5 Å². The van der Waals surface area contributed by atoms with E-state index in [9.17, 15) is 0 Å². The van der Waals surface area contributed by atoms with Crippen LogP contribution in [0.15, 0.2) is 27.3 Å². The minimum Gasteiger partial charge on any atom is -0.461 e. The average molecular weight is 248 g/mol. The number of nitrogens with one attached hydrogen (secondary N) is 1. The van der Waals surface area contributed by atoms with Gasteiger partial charge in [-0.3, -0.25) is 4.90 Å². The summed E-state index contributed by atoms with van der Waals surface area (Å²) in [6, 6.07) is 3.78. The highest BCUT2D eigenvalue weighted by atomic mass is 16.5. The summed E-state index contributed by atoms with van der Waals surface area (Å²) < 4.78 is 10.6. The van der Waals surface area contributed by atoms with E-state index >= 15 is 0 Å². The molecule has 1 N–H and O–H groups in total. The first-order valence-electron chi connectivity index (χ1n) is 6.17. The van der Waals surface area contributed by atoms with Gasteiger partial charge in [-0.2, -0.15) is 4.98 Å². The van der Waals surface area contributed by atoms with E-state index in [0.717, 1.165) is 26.2 Å². The maximum absolute atomic E-state index is 5.32. The molecule has 18 heavy (non-hydrogen) atoms. The molecule has 1 aliphatic rings. The molecule has 6 heteroatoms. The van der Waals surface area contributed by atoms with E-state index in [4.69, 9.17) is 8.94 Å². The van der Waals surface area contributed by atoms with Crippen molar-refractivity contribution in [2.75, 3.05) is 26.2 Å². The van der Waals surface area contributed by atoms with Crippen molar-refractivity contribution in [3.8, 4) is 11.6 Å². The summed E-state index contributed by atoms with van der Waals surface area (Å²) >= 11 is 0. The van der Waals surface area contributed by atoms with E-state index in [2.05, 4.69) is 27.3 Å². The zero-order valence-electron chi connectivity index (χ0n) is 10.3. The van der Waals surface area contributed by atoms with Crippen LogP contribution in [0.4, 0.5) is 0 Å². The highest BCUT2D eigenvalue weighted by Crippen LogP contribution is 2.22. The van der Waals surface area contributed by atoms with Crippen molar-refractivity contribution >= 4 is 0 Å². The van der Waals surface area contributed by atoms with Crippen molar-refractivity contribution in [1.29, 1.82) is 0 Å². The maximum Gasteiger partial charge on any atom is 0.244 e. The van der Waals surface area contributed by atoms with Crippen LogP contribution < -0.4 is 5.32 Å². The second-order valence-electron chi connectivity index (χ2n) is 4.40. The highest BCUT2D eigenvalue weighted by Gasteiger charge is 2.23. The third-order valence-electron chi connectivity index (χ3n) is 3.24. The first kappa shape index (κ1) is 11.4. The predicted molar refractivity (Wildman–Crippen MR) is 64.9 cm³/mol. The Hall–Kier alpha value is -1.66. The topological polar surface area (TPSA) is 67.3 Å². The minimum atomic E-state index is 0.142. The fraction of sp³-hybridized carbons (Fsp3) is 0.500. The van der Waals surface area contributed by atoms with Gasteiger partial charge in [-0.05, 0) is 19.1 Å². The van der Waals surface area contributed by atoms with Crippen molar-refractivity contribution < 1.29 is 8.94 Å². The van der Waals surface area contributed by atoms with Gasteiger partial charge in [0.15, 0.2) is 5.76 Å². The third kappa shape index (κ3) is 2.16. The van der Waals surface area contributed by atoms with Gasteiger partial charge in [0.1, 0.15) is 0 Å². The SMILES string of the molecule is CC(c1nc(-c2ccco2)no1)N1CCNCC1. The molecule has 1 aliphatic heterocycles. The molecule has 1 fully saturated rings. The van der Waals surface area contributed by atoms with Crippen LogP contribution >= 0.6 is 0 Å². The number of hydrogen-bond donors (Lipinski definition) is 1. The first-order valence-corrected chi connectivity index (χ1v) is 6.17. The van der Waals surface area contributed by atoms with Gasteiger partial charge in [0.25, 0.3) is 0 Å². The molecule has 0 aliphatic carbocycles. The fourth-order valence-corrected chi connectivity index (χ4v) is 2.14. The van der Waals surface area contributed by atoms with Gasteiger partial charge in [0.2, 0.25) is 11.7 Å². The van der Waals surface area contributed by atoms with Gasteiger partial charge >= 0.3 is 0 Å². The smallest absolute Gasteiger partial charge is 0.244 e. The molecule has 0 radical (unpaired) electrons. The van der Waals surface area contributed by atoms with Crippen molar-refractivity contribution in [3.63, 3.8) is 0 Å². The number of aromatic nitrogens is 2. The summed E-state index contributed by atoms with van der Waals surface area (Å²) in [5, 5.41) is 7.28. The van der Waals surface area contributed by atoms with Crippen LogP contribution in [0.25, 0.3) is 11.6 Å². The van der Waals surface area contributed by atoms with Crippen molar-refractivity contribution in [3.05, 3.63) is 24.3 Å². The summed E-state index contributed by atoms with van der Waals surface area (Å²) in [5.74, 6) is 1.79. The molecule has 3 rings (SSSR count). The Balaban J connectivity index is 1.76. The molecule has 96 valence electrons. The van der Waals surface area contributed by atoms with Crippen LogP contribution in [0.1, 0.15) is 18.9 Å². The van der Waals surface area contributed by atoms with Crippen LogP contribution in [-0.2, 0) is 0 Å². The number of nitrogens with zero attached hydrogens (tertiary/aromatic N) is 3. The lowest BCUT2D eigenvalue weighted by Gasteiger charge is -2.30. The second kappa shape index (κ2) is 4.91. The molecular weight excluding hydrogens is 232 g/mol. The normalized spacial score (nSPS) is 18.9. The van der Waals surface area contributed by atoms with Crippen molar-refractivity contribution in [1.82, 2.24) is 20.4 Å². The summed E-state index contributed by atoms with van der Waals surface area (Å²) in [5.41, 5.74) is 0. The monoisotopic (exact) mass is 248 g/mol. The Morgan fingerprint density at radius 2 is 2.22 bits per heavy atom. The van der Waals surface area contributed by atoms with E-state index in [1.54, 1.807) is 6.26 Å². The molecule has 0 amide bonds. The Bertz CT molecular complexity index is 488.